The van der Waals surface area contributed by atoms with E-state index < -0.39 is 17.5 Å². The van der Waals surface area contributed by atoms with Crippen LogP contribution in [-0.4, -0.2) is 7.05 Å². The summed E-state index contributed by atoms with van der Waals surface area (Å²) >= 11 is 0. The van der Waals surface area contributed by atoms with E-state index in [1.54, 1.807) is 7.05 Å². The van der Waals surface area contributed by atoms with E-state index in [1.807, 2.05) is 0 Å². The minimum Gasteiger partial charge on any atom is -0.313 e. The molecule has 1 aromatic rings. The summed E-state index contributed by atoms with van der Waals surface area (Å²) < 4.78 is 40.2. The summed E-state index contributed by atoms with van der Waals surface area (Å²) in [6.45, 7) is 0. The van der Waals surface area contributed by atoms with Crippen LogP contribution in [-0.2, 0) is 0 Å². The lowest BCUT2D eigenvalue weighted by Gasteiger charge is -2.23. The lowest BCUT2D eigenvalue weighted by atomic mass is 9.89. The van der Waals surface area contributed by atoms with Crippen molar-refractivity contribution in [3.8, 4) is 0 Å². The zero-order valence-electron chi connectivity index (χ0n) is 11.9. The second kappa shape index (κ2) is 7.11. The van der Waals surface area contributed by atoms with Crippen LogP contribution in [0.2, 0.25) is 0 Å². The first-order chi connectivity index (χ1) is 9.61. The van der Waals surface area contributed by atoms with E-state index in [1.165, 1.54) is 25.7 Å². The minimum atomic E-state index is -1.13. The van der Waals surface area contributed by atoms with E-state index in [2.05, 4.69) is 5.32 Å². The molecule has 0 aromatic heterocycles. The summed E-state index contributed by atoms with van der Waals surface area (Å²) in [5.41, 5.74) is 0.232. The van der Waals surface area contributed by atoms with Gasteiger partial charge in [-0.2, -0.15) is 0 Å². The molecule has 1 saturated carbocycles. The Morgan fingerprint density at radius 2 is 1.60 bits per heavy atom. The van der Waals surface area contributed by atoms with Crippen LogP contribution in [0.1, 0.15) is 56.6 Å². The van der Waals surface area contributed by atoms with E-state index in [0.29, 0.717) is 12.0 Å². The maximum absolute atomic E-state index is 13.9. The number of benzene rings is 1. The predicted octanol–water partition coefficient (Wildman–Crippen LogP) is 4.72. The zero-order valence-corrected chi connectivity index (χ0v) is 11.9. The molecule has 1 aliphatic rings. The lowest BCUT2D eigenvalue weighted by molar-refractivity contribution is 0.359. The van der Waals surface area contributed by atoms with E-state index in [4.69, 9.17) is 0 Å². The Balaban J connectivity index is 2.13. The molecule has 1 nitrogen and oxygen atoms in total. The van der Waals surface area contributed by atoms with Gasteiger partial charge in [0.25, 0.3) is 0 Å². The van der Waals surface area contributed by atoms with Crippen molar-refractivity contribution in [1.29, 1.82) is 0 Å². The van der Waals surface area contributed by atoms with Gasteiger partial charge in [-0.25, -0.2) is 13.2 Å². The molecule has 0 heterocycles. The van der Waals surface area contributed by atoms with Crippen LogP contribution in [0.3, 0.4) is 0 Å². The van der Waals surface area contributed by atoms with Crippen LogP contribution >= 0.6 is 0 Å². The molecule has 1 fully saturated rings. The van der Waals surface area contributed by atoms with Gasteiger partial charge < -0.3 is 5.32 Å². The molecule has 0 spiro atoms. The average Bonchev–Trinajstić information content (AvgIpc) is 2.69. The van der Waals surface area contributed by atoms with E-state index in [0.717, 1.165) is 25.3 Å². The summed E-state index contributed by atoms with van der Waals surface area (Å²) in [6, 6.07) is 1.37. The fraction of sp³-hybridized carbons (Fsp3) is 0.625. The topological polar surface area (TPSA) is 12.0 Å². The second-order valence-corrected chi connectivity index (χ2v) is 5.72. The first-order valence-corrected chi connectivity index (χ1v) is 7.43. The van der Waals surface area contributed by atoms with Crippen LogP contribution in [0.25, 0.3) is 0 Å². The van der Waals surface area contributed by atoms with Crippen LogP contribution in [0.5, 0.6) is 0 Å². The normalized spacial score (nSPS) is 18.8. The number of hydrogen-bond donors (Lipinski definition) is 1. The van der Waals surface area contributed by atoms with Gasteiger partial charge in [0, 0.05) is 17.7 Å². The summed E-state index contributed by atoms with van der Waals surface area (Å²) in [5.74, 6) is -2.25. The minimum absolute atomic E-state index is 0.232. The van der Waals surface area contributed by atoms with Crippen LogP contribution < -0.4 is 5.32 Å². The molecule has 0 aliphatic heterocycles. The highest BCUT2D eigenvalue weighted by Gasteiger charge is 2.22. The van der Waals surface area contributed by atoms with Gasteiger partial charge in [-0.3, -0.25) is 0 Å². The summed E-state index contributed by atoms with van der Waals surface area (Å²) in [4.78, 5) is 0. The third kappa shape index (κ3) is 3.75. The molecular weight excluding hydrogens is 263 g/mol. The molecule has 0 radical (unpaired) electrons. The van der Waals surface area contributed by atoms with Crippen molar-refractivity contribution >= 4 is 0 Å². The van der Waals surface area contributed by atoms with Crippen molar-refractivity contribution < 1.29 is 13.2 Å². The molecule has 112 valence electrons. The third-order valence-corrected chi connectivity index (χ3v) is 4.31. The Morgan fingerprint density at radius 1 is 1.00 bits per heavy atom. The SMILES string of the molecule is CNC(CC1CCCCCC1)c1cc(F)c(F)cc1F. The van der Waals surface area contributed by atoms with E-state index in [9.17, 15) is 13.2 Å². The highest BCUT2D eigenvalue weighted by molar-refractivity contribution is 5.23. The molecular formula is C16H22F3N. The van der Waals surface area contributed by atoms with E-state index in [-0.39, 0.29) is 11.6 Å². The highest BCUT2D eigenvalue weighted by atomic mass is 19.2. The van der Waals surface area contributed by atoms with Crippen LogP contribution in [0.4, 0.5) is 13.2 Å². The van der Waals surface area contributed by atoms with Gasteiger partial charge >= 0.3 is 0 Å². The molecule has 2 rings (SSSR count). The number of hydrogen-bond acceptors (Lipinski definition) is 1. The van der Waals surface area contributed by atoms with Gasteiger partial charge in [0.2, 0.25) is 0 Å². The standard InChI is InChI=1S/C16H22F3N/c1-20-16(8-11-6-4-2-3-5-7-11)12-9-14(18)15(19)10-13(12)17/h9-11,16,20H,2-8H2,1H3. The molecule has 1 aliphatic carbocycles. The zero-order chi connectivity index (χ0) is 14.5. The molecule has 1 atom stereocenters. The van der Waals surface area contributed by atoms with E-state index >= 15 is 0 Å². The molecule has 0 amide bonds. The average molecular weight is 285 g/mol. The molecule has 1 N–H and O–H groups in total. The quantitative estimate of drug-likeness (QED) is 0.623. The van der Waals surface area contributed by atoms with Crippen molar-refractivity contribution in [1.82, 2.24) is 5.32 Å². The van der Waals surface area contributed by atoms with Gasteiger partial charge in [-0.1, -0.05) is 38.5 Å². The van der Waals surface area contributed by atoms with Crippen molar-refractivity contribution in [2.45, 2.75) is 51.0 Å². The van der Waals surface area contributed by atoms with Gasteiger partial charge in [-0.15, -0.1) is 0 Å². The molecule has 0 saturated heterocycles. The Kier molecular flexibility index (Phi) is 5.46. The van der Waals surface area contributed by atoms with Crippen molar-refractivity contribution in [3.05, 3.63) is 35.1 Å². The van der Waals surface area contributed by atoms with Crippen molar-refractivity contribution in [2.24, 2.45) is 5.92 Å². The predicted molar refractivity (Wildman–Crippen MR) is 73.9 cm³/mol. The maximum Gasteiger partial charge on any atom is 0.161 e. The number of halogens is 3. The van der Waals surface area contributed by atoms with Gasteiger partial charge in [0.1, 0.15) is 5.82 Å². The van der Waals surface area contributed by atoms with Crippen LogP contribution in [0, 0.1) is 23.4 Å². The number of rotatable bonds is 4. The third-order valence-electron chi connectivity index (χ3n) is 4.31. The highest BCUT2D eigenvalue weighted by Crippen LogP contribution is 2.32. The van der Waals surface area contributed by atoms with Gasteiger partial charge in [-0.05, 0) is 25.5 Å². The summed E-state index contributed by atoms with van der Waals surface area (Å²) in [6.07, 6.45) is 8.01. The molecule has 1 unspecified atom stereocenters. The molecule has 0 bridgehead atoms. The first kappa shape index (κ1) is 15.4. The fourth-order valence-corrected chi connectivity index (χ4v) is 3.14. The lowest BCUT2D eigenvalue weighted by Crippen LogP contribution is -2.21. The second-order valence-electron chi connectivity index (χ2n) is 5.72. The monoisotopic (exact) mass is 285 g/mol. The molecule has 20 heavy (non-hydrogen) atoms. The molecule has 4 heteroatoms. The number of nitrogens with one attached hydrogen (secondary N) is 1. The first-order valence-electron chi connectivity index (χ1n) is 7.43. The molecule has 1 aromatic carbocycles. The maximum atomic E-state index is 13.9. The van der Waals surface area contributed by atoms with Crippen LogP contribution in [0.15, 0.2) is 12.1 Å². The Hall–Kier alpha value is -1.03. The van der Waals surface area contributed by atoms with Gasteiger partial charge in [0.15, 0.2) is 11.6 Å². The Bertz CT molecular complexity index is 440. The smallest absolute Gasteiger partial charge is 0.161 e. The van der Waals surface area contributed by atoms with Gasteiger partial charge in [0.05, 0.1) is 0 Å². The summed E-state index contributed by atoms with van der Waals surface area (Å²) in [7, 11) is 1.74. The summed E-state index contributed by atoms with van der Waals surface area (Å²) in [5, 5.41) is 3.04. The fourth-order valence-electron chi connectivity index (χ4n) is 3.14. The largest absolute Gasteiger partial charge is 0.313 e. The Morgan fingerprint density at radius 3 is 2.20 bits per heavy atom. The van der Waals surface area contributed by atoms with Crippen molar-refractivity contribution in [3.63, 3.8) is 0 Å². The Labute approximate surface area is 118 Å². The van der Waals surface area contributed by atoms with Crippen molar-refractivity contribution in [2.75, 3.05) is 7.05 Å².